The number of rotatable bonds is 4. The van der Waals surface area contributed by atoms with Crippen LogP contribution in [0.2, 0.25) is 0 Å². The normalized spacial score (nSPS) is 18.6. The van der Waals surface area contributed by atoms with Crippen molar-refractivity contribution in [1.29, 1.82) is 0 Å². The Kier molecular flexibility index (Phi) is 4.04. The lowest BCUT2D eigenvalue weighted by Gasteiger charge is -2.11. The Balaban J connectivity index is 2.08. The fourth-order valence-corrected chi connectivity index (χ4v) is 1.82. The predicted octanol–water partition coefficient (Wildman–Crippen LogP) is 1.61. The number of hydrogen-bond acceptors (Lipinski definition) is 5. The molecule has 5 nitrogen and oxygen atoms in total. The van der Waals surface area contributed by atoms with Gasteiger partial charge in [-0.05, 0) is 19.1 Å². The third-order valence-electron chi connectivity index (χ3n) is 2.64. The van der Waals surface area contributed by atoms with E-state index >= 15 is 0 Å². The lowest BCUT2D eigenvalue weighted by atomic mass is 10.2. The van der Waals surface area contributed by atoms with E-state index in [4.69, 9.17) is 19.9 Å². The highest BCUT2D eigenvalue weighted by Crippen LogP contribution is 2.21. The van der Waals surface area contributed by atoms with Crippen molar-refractivity contribution in [2.45, 2.75) is 19.4 Å². The van der Waals surface area contributed by atoms with Gasteiger partial charge < -0.3 is 19.9 Å². The molecule has 0 radical (unpaired) electrons. The minimum absolute atomic E-state index is 0.158. The highest BCUT2D eigenvalue weighted by molar-refractivity contribution is 5.91. The van der Waals surface area contributed by atoms with Crippen LogP contribution in [0, 0.1) is 0 Å². The smallest absolute Gasteiger partial charge is 0.338 e. The lowest BCUT2D eigenvalue weighted by Crippen LogP contribution is -2.18. The zero-order chi connectivity index (χ0) is 13.0. The van der Waals surface area contributed by atoms with Crippen LogP contribution in [0.5, 0.6) is 5.75 Å². The summed E-state index contributed by atoms with van der Waals surface area (Å²) in [7, 11) is 0. The van der Waals surface area contributed by atoms with E-state index in [2.05, 4.69) is 0 Å². The first kappa shape index (κ1) is 12.7. The van der Waals surface area contributed by atoms with Gasteiger partial charge in [0, 0.05) is 18.2 Å². The van der Waals surface area contributed by atoms with E-state index in [-0.39, 0.29) is 6.10 Å². The van der Waals surface area contributed by atoms with Gasteiger partial charge in [-0.1, -0.05) is 0 Å². The Morgan fingerprint density at radius 3 is 3.00 bits per heavy atom. The van der Waals surface area contributed by atoms with Crippen LogP contribution in [-0.4, -0.2) is 31.9 Å². The van der Waals surface area contributed by atoms with Gasteiger partial charge in [-0.25, -0.2) is 4.79 Å². The van der Waals surface area contributed by atoms with E-state index in [0.29, 0.717) is 36.8 Å². The summed E-state index contributed by atoms with van der Waals surface area (Å²) in [5, 5.41) is 0. The molecular weight excluding hydrogens is 234 g/mol. The fourth-order valence-electron chi connectivity index (χ4n) is 1.82. The van der Waals surface area contributed by atoms with E-state index in [9.17, 15) is 4.79 Å². The second-order valence-corrected chi connectivity index (χ2v) is 4.11. The summed E-state index contributed by atoms with van der Waals surface area (Å²) in [5.74, 6) is 0.186. The molecule has 98 valence electrons. The van der Waals surface area contributed by atoms with Gasteiger partial charge in [0.05, 0.1) is 25.4 Å². The van der Waals surface area contributed by atoms with Crippen LogP contribution < -0.4 is 10.5 Å². The molecule has 5 heteroatoms. The maximum atomic E-state index is 11.9. The van der Waals surface area contributed by atoms with Gasteiger partial charge in [0.15, 0.2) is 0 Å². The van der Waals surface area contributed by atoms with Gasteiger partial charge in [-0.3, -0.25) is 0 Å². The molecule has 0 amide bonds. The number of nitrogen functional groups attached to an aromatic ring is 1. The Morgan fingerprint density at radius 1 is 1.50 bits per heavy atom. The van der Waals surface area contributed by atoms with Crippen LogP contribution in [0.25, 0.3) is 0 Å². The van der Waals surface area contributed by atoms with Gasteiger partial charge in [0.2, 0.25) is 0 Å². The molecule has 1 aromatic carbocycles. The third kappa shape index (κ3) is 3.13. The number of hydrogen-bond donors (Lipinski definition) is 1. The Labute approximate surface area is 106 Å². The van der Waals surface area contributed by atoms with Crippen molar-refractivity contribution in [2.24, 2.45) is 0 Å². The molecule has 18 heavy (non-hydrogen) atoms. The summed E-state index contributed by atoms with van der Waals surface area (Å²) >= 11 is 0. The molecule has 1 saturated heterocycles. The van der Waals surface area contributed by atoms with Crippen LogP contribution >= 0.6 is 0 Å². The van der Waals surface area contributed by atoms with Gasteiger partial charge in [-0.2, -0.15) is 0 Å². The minimum atomic E-state index is -0.390. The van der Waals surface area contributed by atoms with E-state index in [1.807, 2.05) is 6.92 Å². The standard InChI is InChI=1S/C13H17NO4/c1-2-17-12-6-9(5-10(14)7-12)13(15)18-11-3-4-16-8-11/h5-7,11H,2-4,8,14H2,1H3. The molecular formula is C13H17NO4. The first-order chi connectivity index (χ1) is 8.69. The molecule has 0 aliphatic carbocycles. The minimum Gasteiger partial charge on any atom is -0.494 e. The molecule has 0 bridgehead atoms. The van der Waals surface area contributed by atoms with Crippen LogP contribution in [0.3, 0.4) is 0 Å². The van der Waals surface area contributed by atoms with Crippen molar-refractivity contribution in [1.82, 2.24) is 0 Å². The monoisotopic (exact) mass is 251 g/mol. The molecule has 1 heterocycles. The maximum absolute atomic E-state index is 11.9. The Bertz CT molecular complexity index is 427. The number of carbonyl (C=O) groups excluding carboxylic acids is 1. The summed E-state index contributed by atoms with van der Waals surface area (Å²) in [6.07, 6.45) is 0.585. The van der Waals surface area contributed by atoms with E-state index in [1.165, 1.54) is 0 Å². The number of ether oxygens (including phenoxy) is 3. The number of benzene rings is 1. The molecule has 0 spiro atoms. The van der Waals surface area contributed by atoms with Crippen LogP contribution in [0.15, 0.2) is 18.2 Å². The van der Waals surface area contributed by atoms with Crippen molar-refractivity contribution in [3.63, 3.8) is 0 Å². The SMILES string of the molecule is CCOc1cc(N)cc(C(=O)OC2CCOC2)c1. The quantitative estimate of drug-likeness (QED) is 0.650. The summed E-state index contributed by atoms with van der Waals surface area (Å²) < 4.78 is 15.8. The van der Waals surface area contributed by atoms with Crippen molar-refractivity contribution >= 4 is 11.7 Å². The van der Waals surface area contributed by atoms with Crippen molar-refractivity contribution < 1.29 is 19.0 Å². The number of anilines is 1. The molecule has 1 aliphatic rings. The van der Waals surface area contributed by atoms with Crippen LogP contribution in [-0.2, 0) is 9.47 Å². The molecule has 1 aliphatic heterocycles. The van der Waals surface area contributed by atoms with Crippen molar-refractivity contribution in [2.75, 3.05) is 25.6 Å². The fraction of sp³-hybridized carbons (Fsp3) is 0.462. The van der Waals surface area contributed by atoms with Crippen molar-refractivity contribution in [3.05, 3.63) is 23.8 Å². The summed E-state index contributed by atoms with van der Waals surface area (Å²) in [6, 6.07) is 4.90. The van der Waals surface area contributed by atoms with Gasteiger partial charge in [0.1, 0.15) is 11.9 Å². The maximum Gasteiger partial charge on any atom is 0.338 e. The number of esters is 1. The average Bonchev–Trinajstić information content (AvgIpc) is 2.81. The number of carbonyl (C=O) groups is 1. The average molecular weight is 251 g/mol. The van der Waals surface area contributed by atoms with Crippen LogP contribution in [0.1, 0.15) is 23.7 Å². The Morgan fingerprint density at radius 2 is 2.33 bits per heavy atom. The highest BCUT2D eigenvalue weighted by atomic mass is 16.6. The molecule has 1 atom stereocenters. The zero-order valence-electron chi connectivity index (χ0n) is 10.3. The van der Waals surface area contributed by atoms with E-state index in [0.717, 1.165) is 6.42 Å². The van der Waals surface area contributed by atoms with Crippen LogP contribution in [0.4, 0.5) is 5.69 Å². The second kappa shape index (κ2) is 5.73. The summed E-state index contributed by atoms with van der Waals surface area (Å²) in [4.78, 5) is 11.9. The first-order valence-corrected chi connectivity index (χ1v) is 6.01. The molecule has 2 N–H and O–H groups in total. The first-order valence-electron chi connectivity index (χ1n) is 6.01. The molecule has 1 aromatic rings. The molecule has 1 unspecified atom stereocenters. The second-order valence-electron chi connectivity index (χ2n) is 4.11. The lowest BCUT2D eigenvalue weighted by molar-refractivity contribution is 0.0270. The predicted molar refractivity (Wildman–Crippen MR) is 66.7 cm³/mol. The Hall–Kier alpha value is -1.75. The van der Waals surface area contributed by atoms with Crippen molar-refractivity contribution in [3.8, 4) is 5.75 Å². The number of nitrogens with two attached hydrogens (primary N) is 1. The van der Waals surface area contributed by atoms with Gasteiger partial charge in [0.25, 0.3) is 0 Å². The van der Waals surface area contributed by atoms with Gasteiger partial charge >= 0.3 is 5.97 Å². The summed E-state index contributed by atoms with van der Waals surface area (Å²) in [6.45, 7) is 3.50. The molecule has 2 rings (SSSR count). The largest absolute Gasteiger partial charge is 0.494 e. The zero-order valence-corrected chi connectivity index (χ0v) is 10.3. The van der Waals surface area contributed by atoms with E-state index < -0.39 is 5.97 Å². The third-order valence-corrected chi connectivity index (χ3v) is 2.64. The van der Waals surface area contributed by atoms with Gasteiger partial charge in [-0.15, -0.1) is 0 Å². The molecule has 1 fully saturated rings. The molecule has 0 saturated carbocycles. The summed E-state index contributed by atoms with van der Waals surface area (Å²) in [5.41, 5.74) is 6.61. The highest BCUT2D eigenvalue weighted by Gasteiger charge is 2.21. The topological polar surface area (TPSA) is 70.8 Å². The van der Waals surface area contributed by atoms with E-state index in [1.54, 1.807) is 18.2 Å². The molecule has 0 aromatic heterocycles.